The molecular weight excluding hydrogens is 350 g/mol. The van der Waals surface area contributed by atoms with Crippen LogP contribution in [0.3, 0.4) is 0 Å². The number of benzene rings is 1. The number of aromatic nitrogens is 1. The normalized spacial score (nSPS) is 14.1. The van der Waals surface area contributed by atoms with Crippen molar-refractivity contribution in [2.45, 2.75) is 25.4 Å². The van der Waals surface area contributed by atoms with Crippen molar-refractivity contribution in [2.75, 3.05) is 14.2 Å². The van der Waals surface area contributed by atoms with E-state index in [-0.39, 0.29) is 5.78 Å². The minimum Gasteiger partial charge on any atom is -0.496 e. The van der Waals surface area contributed by atoms with Crippen LogP contribution < -0.4 is 4.74 Å². The molecule has 0 radical (unpaired) electrons. The minimum atomic E-state index is -0.102. The molecule has 116 valence electrons. The maximum Gasteiger partial charge on any atom is 0.199 e. The molecule has 1 aromatic carbocycles. The second-order valence-corrected chi connectivity index (χ2v) is 6.04. The number of hydrogen-bond donors (Lipinski definition) is 0. The predicted molar refractivity (Wildman–Crippen MR) is 83.3 cm³/mol. The van der Waals surface area contributed by atoms with Crippen molar-refractivity contribution < 1.29 is 18.8 Å². The summed E-state index contributed by atoms with van der Waals surface area (Å²) in [5.74, 6) is 1.60. The Morgan fingerprint density at radius 1 is 1.36 bits per heavy atom. The van der Waals surface area contributed by atoms with Crippen LogP contribution in [0.5, 0.6) is 5.75 Å². The Labute approximate surface area is 136 Å². The molecule has 0 spiro atoms. The van der Waals surface area contributed by atoms with Gasteiger partial charge in [0.05, 0.1) is 25.5 Å². The van der Waals surface area contributed by atoms with Crippen molar-refractivity contribution in [3.05, 3.63) is 45.3 Å². The van der Waals surface area contributed by atoms with Gasteiger partial charge in [0.1, 0.15) is 5.75 Å². The van der Waals surface area contributed by atoms with Crippen molar-refractivity contribution in [1.82, 2.24) is 5.16 Å². The highest BCUT2D eigenvalue weighted by Crippen LogP contribution is 2.42. The van der Waals surface area contributed by atoms with E-state index >= 15 is 0 Å². The molecule has 22 heavy (non-hydrogen) atoms. The molecule has 1 saturated carbocycles. The Morgan fingerprint density at radius 3 is 2.77 bits per heavy atom. The van der Waals surface area contributed by atoms with E-state index in [9.17, 15) is 4.79 Å². The molecule has 0 saturated heterocycles. The van der Waals surface area contributed by atoms with E-state index in [2.05, 4.69) is 21.1 Å². The zero-order valence-corrected chi connectivity index (χ0v) is 14.0. The molecule has 3 rings (SSSR count). The van der Waals surface area contributed by atoms with E-state index < -0.39 is 0 Å². The lowest BCUT2D eigenvalue weighted by Gasteiger charge is -2.13. The van der Waals surface area contributed by atoms with Crippen molar-refractivity contribution >= 4 is 21.7 Å². The predicted octanol–water partition coefficient (Wildman–Crippen LogP) is 3.70. The number of hydrogen-bond acceptors (Lipinski definition) is 5. The van der Waals surface area contributed by atoms with Crippen molar-refractivity contribution in [1.29, 1.82) is 0 Å². The average molecular weight is 366 g/mol. The van der Waals surface area contributed by atoms with Gasteiger partial charge in [-0.05, 0) is 40.9 Å². The summed E-state index contributed by atoms with van der Waals surface area (Å²) in [5, 5.41) is 3.79. The van der Waals surface area contributed by atoms with E-state index in [4.69, 9.17) is 14.0 Å². The van der Waals surface area contributed by atoms with Gasteiger partial charge in [0.2, 0.25) is 0 Å². The summed E-state index contributed by atoms with van der Waals surface area (Å²) in [6.45, 7) is 0.351. The van der Waals surface area contributed by atoms with E-state index in [1.807, 2.05) is 0 Å². The maximum atomic E-state index is 12.8. The van der Waals surface area contributed by atoms with Crippen LogP contribution in [0.15, 0.2) is 27.3 Å². The molecule has 1 aliphatic carbocycles. The third-order valence-corrected chi connectivity index (χ3v) is 4.65. The fourth-order valence-corrected chi connectivity index (χ4v) is 3.08. The summed E-state index contributed by atoms with van der Waals surface area (Å²) in [6, 6.07) is 3.52. The minimum absolute atomic E-state index is 0.102. The molecule has 1 heterocycles. The number of rotatable bonds is 6. The lowest BCUT2D eigenvalue weighted by atomic mass is 10.0. The van der Waals surface area contributed by atoms with Crippen LogP contribution in [-0.4, -0.2) is 25.2 Å². The van der Waals surface area contributed by atoms with Gasteiger partial charge in [-0.1, -0.05) is 5.16 Å². The maximum absolute atomic E-state index is 12.8. The molecule has 2 aromatic rings. The summed E-state index contributed by atoms with van der Waals surface area (Å²) in [5.41, 5.74) is 1.90. The molecule has 0 unspecified atom stereocenters. The molecule has 1 aromatic heterocycles. The van der Waals surface area contributed by atoms with Gasteiger partial charge in [-0.25, -0.2) is 0 Å². The fraction of sp³-hybridized carbons (Fsp3) is 0.375. The van der Waals surface area contributed by atoms with Gasteiger partial charge in [-0.15, -0.1) is 0 Å². The lowest BCUT2D eigenvalue weighted by Crippen LogP contribution is -2.07. The third-order valence-electron chi connectivity index (χ3n) is 3.74. The van der Waals surface area contributed by atoms with Crippen LogP contribution in [0.2, 0.25) is 0 Å². The largest absolute Gasteiger partial charge is 0.496 e. The van der Waals surface area contributed by atoms with Gasteiger partial charge in [0, 0.05) is 28.6 Å². The number of nitrogens with zero attached hydrogens (tertiary/aromatic N) is 1. The third kappa shape index (κ3) is 2.68. The summed E-state index contributed by atoms with van der Waals surface area (Å²) >= 11 is 3.51. The van der Waals surface area contributed by atoms with Crippen LogP contribution in [0.25, 0.3) is 0 Å². The Kier molecular flexibility index (Phi) is 4.31. The first kappa shape index (κ1) is 15.2. The summed E-state index contributed by atoms with van der Waals surface area (Å²) < 4.78 is 16.5. The number of ether oxygens (including phenoxy) is 2. The average Bonchev–Trinajstić information content (AvgIpc) is 3.25. The topological polar surface area (TPSA) is 61.6 Å². The Morgan fingerprint density at radius 2 is 2.14 bits per heavy atom. The van der Waals surface area contributed by atoms with E-state index in [0.29, 0.717) is 39.6 Å². The lowest BCUT2D eigenvalue weighted by molar-refractivity contribution is 0.103. The van der Waals surface area contributed by atoms with Crippen LogP contribution >= 0.6 is 15.9 Å². The van der Waals surface area contributed by atoms with Gasteiger partial charge < -0.3 is 14.0 Å². The molecule has 0 N–H and O–H groups in total. The Bertz CT molecular complexity index is 706. The molecule has 0 bridgehead atoms. The van der Waals surface area contributed by atoms with Crippen molar-refractivity contribution in [2.24, 2.45) is 0 Å². The first-order valence-corrected chi connectivity index (χ1v) is 7.80. The summed E-state index contributed by atoms with van der Waals surface area (Å²) in [6.07, 6.45) is 3.60. The SMILES string of the molecule is COCc1c(OC)ccc(C(=O)c2cnoc2C2CC2)c1Br. The summed E-state index contributed by atoms with van der Waals surface area (Å²) in [4.78, 5) is 12.8. The number of ketones is 1. The highest BCUT2D eigenvalue weighted by Gasteiger charge is 2.33. The van der Waals surface area contributed by atoms with Crippen molar-refractivity contribution in [3.63, 3.8) is 0 Å². The number of halogens is 1. The summed E-state index contributed by atoms with van der Waals surface area (Å²) in [7, 11) is 3.19. The second kappa shape index (κ2) is 6.22. The van der Waals surface area contributed by atoms with Gasteiger partial charge >= 0.3 is 0 Å². The number of carbonyl (C=O) groups excluding carboxylic acids is 1. The zero-order valence-electron chi connectivity index (χ0n) is 12.4. The monoisotopic (exact) mass is 365 g/mol. The Balaban J connectivity index is 2.02. The first-order chi connectivity index (χ1) is 10.7. The van der Waals surface area contributed by atoms with Crippen molar-refractivity contribution in [3.8, 4) is 5.75 Å². The fourth-order valence-electron chi connectivity index (χ4n) is 2.45. The van der Waals surface area contributed by atoms with Gasteiger partial charge in [-0.3, -0.25) is 4.79 Å². The molecule has 1 fully saturated rings. The standard InChI is InChI=1S/C16H16BrNO4/c1-20-8-12-13(21-2)6-5-10(14(12)17)15(19)11-7-18-22-16(11)9-3-4-9/h5-7,9H,3-4,8H2,1-2H3. The van der Waals surface area contributed by atoms with Crippen LogP contribution in [0, 0.1) is 0 Å². The van der Waals surface area contributed by atoms with Gasteiger partial charge in [0.25, 0.3) is 0 Å². The highest BCUT2D eigenvalue weighted by molar-refractivity contribution is 9.10. The molecule has 0 aliphatic heterocycles. The van der Waals surface area contributed by atoms with Gasteiger partial charge in [0.15, 0.2) is 11.5 Å². The van der Waals surface area contributed by atoms with Gasteiger partial charge in [-0.2, -0.15) is 0 Å². The number of carbonyl (C=O) groups is 1. The molecule has 0 atom stereocenters. The zero-order chi connectivity index (χ0) is 15.7. The first-order valence-electron chi connectivity index (χ1n) is 7.01. The van der Waals surface area contributed by atoms with E-state index in [0.717, 1.165) is 18.4 Å². The molecule has 0 amide bonds. The quantitative estimate of drug-likeness (QED) is 0.730. The molecule has 1 aliphatic rings. The van der Waals surface area contributed by atoms with Crippen LogP contribution in [-0.2, 0) is 11.3 Å². The van der Waals surface area contributed by atoms with Crippen LogP contribution in [0.1, 0.15) is 46.0 Å². The molecular formula is C16H16BrNO4. The van der Waals surface area contributed by atoms with Crippen LogP contribution in [0.4, 0.5) is 0 Å². The van der Waals surface area contributed by atoms with E-state index in [1.165, 1.54) is 6.20 Å². The molecule has 6 heteroatoms. The smallest absolute Gasteiger partial charge is 0.199 e. The number of methoxy groups -OCH3 is 2. The Hall–Kier alpha value is -1.66. The highest BCUT2D eigenvalue weighted by atomic mass is 79.9. The second-order valence-electron chi connectivity index (χ2n) is 5.25. The molecule has 5 nitrogen and oxygen atoms in total. The van der Waals surface area contributed by atoms with E-state index in [1.54, 1.807) is 26.4 Å².